The van der Waals surface area contributed by atoms with Crippen LogP contribution in [0.5, 0.6) is 0 Å². The Labute approximate surface area is 70.5 Å². The molecule has 0 N–H and O–H groups in total. The molecule has 0 saturated carbocycles. The molecule has 0 bridgehead atoms. The fourth-order valence-corrected chi connectivity index (χ4v) is 0.248. The minimum Gasteiger partial charge on any atom is -0.670 e. The molecule has 0 unspecified atom stereocenters. The molecule has 0 radical (unpaired) electrons. The molecule has 0 aliphatic rings. The first kappa shape index (κ1) is 6.66. The molecule has 1 aromatic heterocycles. The molecule has 6 heavy (non-hydrogen) atoms. The molecule has 1 heterocycles. The predicted octanol–water partition coefficient (Wildman–Crippen LogP) is 0.644. The van der Waals surface area contributed by atoms with E-state index >= 15 is 0 Å². The van der Waals surface area contributed by atoms with Crippen LogP contribution >= 0.6 is 0 Å². The second kappa shape index (κ2) is 3.83. The van der Waals surface area contributed by atoms with E-state index in [0.29, 0.717) is 0 Å². The smallest absolute Gasteiger partial charge is 0 e. The minimum atomic E-state index is 0. The van der Waals surface area contributed by atoms with Crippen LogP contribution < -0.4 is 4.98 Å². The number of nitrogens with zero attached hydrogens (tertiary/aromatic N) is 1. The van der Waals surface area contributed by atoms with E-state index in [-0.39, 0.29) is 41.7 Å². The summed E-state index contributed by atoms with van der Waals surface area (Å²) in [7, 11) is 0. The van der Waals surface area contributed by atoms with Crippen LogP contribution in [-0.2, 0) is 0 Å². The Kier molecular flexibility index (Phi) is 4.25. The second-order valence-electron chi connectivity index (χ2n) is 0.832. The molecule has 0 aromatic carbocycles. The Morgan fingerprint density at radius 3 is 1.67 bits per heavy atom. The first-order valence-corrected chi connectivity index (χ1v) is 1.52. The zero-order chi connectivity index (χ0) is 3.54. The molecular weight excluding hydrogens is 202 g/mol. The molecule has 0 saturated heterocycles. The van der Waals surface area contributed by atoms with Crippen molar-refractivity contribution in [2.75, 3.05) is 0 Å². The van der Waals surface area contributed by atoms with Crippen molar-refractivity contribution in [3.8, 4) is 0 Å². The van der Waals surface area contributed by atoms with Crippen LogP contribution in [0.4, 0.5) is 0 Å². The van der Waals surface area contributed by atoms with Crippen LogP contribution in [0.15, 0.2) is 24.5 Å². The van der Waals surface area contributed by atoms with Crippen molar-refractivity contribution in [1.29, 1.82) is 0 Å². The minimum absolute atomic E-state index is 0. The average Bonchev–Trinajstić information content (AvgIpc) is 1.76. The van der Waals surface area contributed by atoms with Gasteiger partial charge in [-0.2, -0.15) is 12.4 Å². The monoisotopic (exact) mass is 206 g/mol. The van der Waals surface area contributed by atoms with Crippen LogP contribution in [0.2, 0.25) is 0 Å². The van der Waals surface area contributed by atoms with Crippen LogP contribution in [0.1, 0.15) is 0 Å². The predicted molar refractivity (Wildman–Crippen MR) is 19.8 cm³/mol. The third-order valence-corrected chi connectivity index (χ3v) is 0.455. The maximum Gasteiger partial charge on any atom is 0 e. The molecular formula is C4H4CeN-. The van der Waals surface area contributed by atoms with E-state index in [9.17, 15) is 0 Å². The van der Waals surface area contributed by atoms with E-state index in [0.717, 1.165) is 0 Å². The van der Waals surface area contributed by atoms with Crippen LogP contribution in [0.3, 0.4) is 0 Å². The number of rotatable bonds is 0. The van der Waals surface area contributed by atoms with E-state index in [4.69, 9.17) is 0 Å². The Morgan fingerprint density at radius 1 is 1.00 bits per heavy atom. The SMILES string of the molecule is [Ce].c1cc[n-]c1. The quantitative estimate of drug-likeness (QED) is 0.607. The van der Waals surface area contributed by atoms with E-state index in [1.807, 2.05) is 12.1 Å². The summed E-state index contributed by atoms with van der Waals surface area (Å²) < 4.78 is 0. The molecule has 1 rings (SSSR count). The van der Waals surface area contributed by atoms with E-state index in [2.05, 4.69) is 4.98 Å². The van der Waals surface area contributed by atoms with Gasteiger partial charge in [0.1, 0.15) is 0 Å². The zero-order valence-corrected chi connectivity index (χ0v) is 6.40. The molecule has 0 aliphatic carbocycles. The molecule has 1 aromatic rings. The van der Waals surface area contributed by atoms with E-state index in [1.54, 1.807) is 12.4 Å². The number of hydrogen-bond donors (Lipinski definition) is 0. The summed E-state index contributed by atoms with van der Waals surface area (Å²) in [4.78, 5) is 3.72. The first-order valence-electron chi connectivity index (χ1n) is 1.52. The van der Waals surface area contributed by atoms with Gasteiger partial charge in [0.2, 0.25) is 0 Å². The van der Waals surface area contributed by atoms with Crippen LogP contribution in [0.25, 0.3) is 0 Å². The van der Waals surface area contributed by atoms with Crippen LogP contribution in [-0.4, -0.2) is 0 Å². The first-order chi connectivity index (χ1) is 2.50. The van der Waals surface area contributed by atoms with Crippen molar-refractivity contribution >= 4 is 0 Å². The molecule has 30 valence electrons. The number of aromatic nitrogens is 1. The average molecular weight is 206 g/mol. The van der Waals surface area contributed by atoms with Gasteiger partial charge in [-0.3, -0.25) is 0 Å². The summed E-state index contributed by atoms with van der Waals surface area (Å²) in [6, 6.07) is 3.78. The van der Waals surface area contributed by atoms with Gasteiger partial charge >= 0.3 is 0 Å². The summed E-state index contributed by atoms with van der Waals surface area (Å²) in [6.45, 7) is 0. The molecule has 0 amide bonds. The van der Waals surface area contributed by atoms with Gasteiger partial charge < -0.3 is 4.98 Å². The summed E-state index contributed by atoms with van der Waals surface area (Å²) in [5.74, 6) is 0. The topological polar surface area (TPSA) is 14.1 Å². The molecule has 2 heteroatoms. The van der Waals surface area contributed by atoms with Gasteiger partial charge in [0.05, 0.1) is 0 Å². The van der Waals surface area contributed by atoms with Gasteiger partial charge in [0.25, 0.3) is 0 Å². The van der Waals surface area contributed by atoms with Gasteiger partial charge in [-0.1, -0.05) is 12.1 Å². The van der Waals surface area contributed by atoms with Crippen molar-refractivity contribution in [3.05, 3.63) is 24.5 Å². The van der Waals surface area contributed by atoms with E-state index in [1.165, 1.54) is 0 Å². The summed E-state index contributed by atoms with van der Waals surface area (Å²) in [5, 5.41) is 0. The molecule has 1 nitrogen and oxygen atoms in total. The van der Waals surface area contributed by atoms with Crippen molar-refractivity contribution < 1.29 is 41.7 Å². The fourth-order valence-electron chi connectivity index (χ4n) is 0.248. The molecule has 0 aliphatic heterocycles. The number of hydrogen-bond acceptors (Lipinski definition) is 0. The molecule has 0 fully saturated rings. The van der Waals surface area contributed by atoms with Gasteiger partial charge in [0.15, 0.2) is 0 Å². The second-order valence-corrected chi connectivity index (χ2v) is 0.832. The Bertz CT molecular complexity index is 64.0. The largest absolute Gasteiger partial charge is 0.670 e. The van der Waals surface area contributed by atoms with Gasteiger partial charge in [-0.15, -0.1) is 0 Å². The maximum atomic E-state index is 3.72. The molecule has 0 spiro atoms. The third-order valence-electron chi connectivity index (χ3n) is 0.455. The Morgan fingerprint density at radius 2 is 1.50 bits per heavy atom. The van der Waals surface area contributed by atoms with Gasteiger partial charge in [-0.05, 0) is 0 Å². The Hall–Kier alpha value is 0.657. The van der Waals surface area contributed by atoms with Crippen LogP contribution in [0, 0.1) is 41.7 Å². The Balaban J connectivity index is 0.000000250. The zero-order valence-electron chi connectivity index (χ0n) is 3.26. The normalized spacial score (nSPS) is 6.67. The summed E-state index contributed by atoms with van der Waals surface area (Å²) >= 11 is 0. The summed E-state index contributed by atoms with van der Waals surface area (Å²) in [5.41, 5.74) is 0. The fraction of sp³-hybridized carbons (Fsp3) is 0. The van der Waals surface area contributed by atoms with Crippen molar-refractivity contribution in [1.82, 2.24) is 4.98 Å². The van der Waals surface area contributed by atoms with Gasteiger partial charge in [0, 0.05) is 41.7 Å². The molecule has 0 atom stereocenters. The van der Waals surface area contributed by atoms with Crippen molar-refractivity contribution in [3.63, 3.8) is 0 Å². The third kappa shape index (κ3) is 1.95. The van der Waals surface area contributed by atoms with E-state index < -0.39 is 0 Å². The van der Waals surface area contributed by atoms with Gasteiger partial charge in [-0.25, -0.2) is 0 Å². The maximum absolute atomic E-state index is 3.72. The van der Waals surface area contributed by atoms with Crippen molar-refractivity contribution in [2.45, 2.75) is 0 Å². The van der Waals surface area contributed by atoms with Crippen molar-refractivity contribution in [2.24, 2.45) is 0 Å². The summed E-state index contributed by atoms with van der Waals surface area (Å²) in [6.07, 6.45) is 3.50. The standard InChI is InChI=1S/C4H4N.Ce/c1-2-4-5-3-1;/h1-4H;/q-1;.